The van der Waals surface area contributed by atoms with E-state index < -0.39 is 17.5 Å². The van der Waals surface area contributed by atoms with E-state index in [0.29, 0.717) is 39.1 Å². The first kappa shape index (κ1) is 25.9. The van der Waals surface area contributed by atoms with Crippen LogP contribution in [0.15, 0.2) is 49.2 Å². The zero-order valence-corrected chi connectivity index (χ0v) is 22.6. The summed E-state index contributed by atoms with van der Waals surface area (Å²) in [5.74, 6) is 0.0569. The lowest BCUT2D eigenvalue weighted by Gasteiger charge is -2.21. The van der Waals surface area contributed by atoms with Gasteiger partial charge in [-0.25, -0.2) is 9.78 Å². The predicted molar refractivity (Wildman–Crippen MR) is 138 cm³/mol. The normalized spacial score (nSPS) is 12.8. The van der Waals surface area contributed by atoms with Crippen molar-refractivity contribution in [1.82, 2.24) is 9.66 Å². The van der Waals surface area contributed by atoms with Crippen molar-refractivity contribution >= 4 is 54.9 Å². The van der Waals surface area contributed by atoms with Crippen molar-refractivity contribution in [1.29, 1.82) is 0 Å². The van der Waals surface area contributed by atoms with Gasteiger partial charge in [0.2, 0.25) is 0 Å². The van der Waals surface area contributed by atoms with Crippen molar-refractivity contribution in [2.24, 2.45) is 5.10 Å². The summed E-state index contributed by atoms with van der Waals surface area (Å²) in [6.45, 7) is 9.49. The fourth-order valence-corrected chi connectivity index (χ4v) is 4.05. The zero-order valence-electron chi connectivity index (χ0n) is 19.4. The molecule has 0 radical (unpaired) electrons. The molecular formula is C24H25Br2N3O5. The van der Waals surface area contributed by atoms with Gasteiger partial charge in [-0.3, -0.25) is 4.79 Å². The number of halogens is 2. The lowest BCUT2D eigenvalue weighted by molar-refractivity contribution is -0.144. The largest absolute Gasteiger partial charge is 0.490 e. The van der Waals surface area contributed by atoms with Crippen LogP contribution in [0.2, 0.25) is 0 Å². The molecule has 1 N–H and O–H groups in total. The molecule has 0 aliphatic carbocycles. The number of carboxylic acids is 1. The molecule has 0 amide bonds. The number of fused-ring (bicyclic) bond motifs is 1. The van der Waals surface area contributed by atoms with Crippen LogP contribution >= 0.6 is 31.9 Å². The van der Waals surface area contributed by atoms with Gasteiger partial charge in [-0.2, -0.15) is 9.78 Å². The van der Waals surface area contributed by atoms with Gasteiger partial charge >= 0.3 is 5.97 Å². The number of ether oxygens (including phenoxy) is 2. The number of aromatic nitrogens is 2. The van der Waals surface area contributed by atoms with Crippen molar-refractivity contribution in [3.63, 3.8) is 0 Å². The second-order valence-electron chi connectivity index (χ2n) is 8.57. The molecule has 0 saturated carbocycles. The van der Waals surface area contributed by atoms with E-state index in [-0.39, 0.29) is 11.3 Å². The van der Waals surface area contributed by atoms with Gasteiger partial charge in [-0.15, -0.1) is 0 Å². The summed E-state index contributed by atoms with van der Waals surface area (Å²) < 4.78 is 13.8. The monoisotopic (exact) mass is 593 g/mol. The molecule has 180 valence electrons. The molecule has 1 atom stereocenters. The molecular weight excluding hydrogens is 570 g/mol. The third-order valence-corrected chi connectivity index (χ3v) is 5.86. The van der Waals surface area contributed by atoms with Crippen LogP contribution in [0, 0.1) is 0 Å². The van der Waals surface area contributed by atoms with Crippen LogP contribution in [0.1, 0.15) is 46.0 Å². The molecule has 0 aliphatic heterocycles. The van der Waals surface area contributed by atoms with E-state index in [4.69, 9.17) is 14.5 Å². The van der Waals surface area contributed by atoms with E-state index in [1.165, 1.54) is 17.8 Å². The third kappa shape index (κ3) is 5.67. The summed E-state index contributed by atoms with van der Waals surface area (Å²) in [6.07, 6.45) is 0.464. The average Bonchev–Trinajstić information content (AvgIpc) is 2.75. The maximum atomic E-state index is 13.3. The first-order valence-electron chi connectivity index (χ1n) is 10.5. The summed E-state index contributed by atoms with van der Waals surface area (Å²) in [5.41, 5.74) is 0.484. The first-order chi connectivity index (χ1) is 15.9. The molecule has 34 heavy (non-hydrogen) atoms. The van der Waals surface area contributed by atoms with Crippen molar-refractivity contribution in [2.45, 2.75) is 46.1 Å². The lowest BCUT2D eigenvalue weighted by Crippen LogP contribution is -2.29. The molecule has 3 aromatic rings. The van der Waals surface area contributed by atoms with Crippen LogP contribution in [-0.2, 0) is 10.2 Å². The fourth-order valence-electron chi connectivity index (χ4n) is 3.13. The highest BCUT2D eigenvalue weighted by Gasteiger charge is 2.23. The third-order valence-electron chi connectivity index (χ3n) is 4.78. The van der Waals surface area contributed by atoms with Gasteiger partial charge in [0.15, 0.2) is 17.6 Å². The highest BCUT2D eigenvalue weighted by Crippen LogP contribution is 2.37. The minimum absolute atomic E-state index is 0.277. The van der Waals surface area contributed by atoms with E-state index in [1.54, 1.807) is 24.3 Å². The molecule has 1 heterocycles. The summed E-state index contributed by atoms with van der Waals surface area (Å²) >= 11 is 6.83. The number of nitrogens with zero attached hydrogens (tertiary/aromatic N) is 3. The quantitative estimate of drug-likeness (QED) is 0.370. The minimum atomic E-state index is -1.09. The molecule has 0 unspecified atom stereocenters. The summed E-state index contributed by atoms with van der Waals surface area (Å²) in [7, 11) is 0. The Morgan fingerprint density at radius 3 is 2.59 bits per heavy atom. The standard InChI is InChI=1S/C24H25Br2N3O5/c1-6-33-19-10-14(9-17(26)20(19)34-13(2)22(31)32)12-27-29-21(30)16-11-15(25)7-8-18(16)28-23(29)24(3,4)5/h7-13H,6H2,1-5H3,(H,31,32)/t13-/m1/s1. The van der Waals surface area contributed by atoms with Gasteiger partial charge in [-0.1, -0.05) is 36.7 Å². The second-order valence-corrected chi connectivity index (χ2v) is 10.3. The van der Waals surface area contributed by atoms with Gasteiger partial charge in [-0.05, 0) is 65.7 Å². The molecule has 3 rings (SSSR count). The summed E-state index contributed by atoms with van der Waals surface area (Å²) in [5, 5.41) is 14.1. The minimum Gasteiger partial charge on any atom is -0.490 e. The summed E-state index contributed by atoms with van der Waals surface area (Å²) in [4.78, 5) is 29.3. The number of carbonyl (C=O) groups is 1. The van der Waals surface area contributed by atoms with Crippen molar-refractivity contribution < 1.29 is 19.4 Å². The molecule has 2 aromatic carbocycles. The van der Waals surface area contributed by atoms with Crippen LogP contribution in [0.25, 0.3) is 10.9 Å². The van der Waals surface area contributed by atoms with Crippen LogP contribution in [-0.4, -0.2) is 39.7 Å². The Bertz CT molecular complexity index is 1330. The Labute approximate surface area is 213 Å². The van der Waals surface area contributed by atoms with Gasteiger partial charge < -0.3 is 14.6 Å². The molecule has 8 nitrogen and oxygen atoms in total. The van der Waals surface area contributed by atoms with Gasteiger partial charge in [0.05, 0.1) is 28.2 Å². The van der Waals surface area contributed by atoms with E-state index in [9.17, 15) is 14.7 Å². The maximum Gasteiger partial charge on any atom is 0.344 e. The lowest BCUT2D eigenvalue weighted by atomic mass is 9.95. The zero-order chi connectivity index (χ0) is 25.2. The van der Waals surface area contributed by atoms with E-state index in [1.807, 2.05) is 33.8 Å². The van der Waals surface area contributed by atoms with Gasteiger partial charge in [0, 0.05) is 9.89 Å². The number of carboxylic acid groups (broad SMARTS) is 1. The van der Waals surface area contributed by atoms with Crippen molar-refractivity contribution in [3.8, 4) is 11.5 Å². The maximum absolute atomic E-state index is 13.3. The SMILES string of the molecule is CCOc1cc(C=Nn2c(C(C)(C)C)nc3ccc(Br)cc3c2=O)cc(Br)c1O[C@H](C)C(=O)O. The van der Waals surface area contributed by atoms with Crippen molar-refractivity contribution in [3.05, 3.63) is 61.0 Å². The van der Waals surface area contributed by atoms with Crippen molar-refractivity contribution in [2.75, 3.05) is 6.61 Å². The second kappa shape index (κ2) is 10.3. The average molecular weight is 595 g/mol. The molecule has 0 fully saturated rings. The van der Waals surface area contributed by atoms with Crippen LogP contribution in [0.3, 0.4) is 0 Å². The van der Waals surface area contributed by atoms with Crippen LogP contribution in [0.5, 0.6) is 11.5 Å². The Kier molecular flexibility index (Phi) is 7.82. The fraction of sp³-hybridized carbons (Fsp3) is 0.333. The number of benzene rings is 2. The molecule has 0 saturated heterocycles. The topological polar surface area (TPSA) is 103 Å². The predicted octanol–water partition coefficient (Wildman–Crippen LogP) is 5.35. The highest BCUT2D eigenvalue weighted by molar-refractivity contribution is 9.10. The van der Waals surface area contributed by atoms with E-state index in [2.05, 4.69) is 37.0 Å². The molecule has 0 bridgehead atoms. The van der Waals surface area contributed by atoms with Crippen LogP contribution in [0.4, 0.5) is 0 Å². The van der Waals surface area contributed by atoms with Gasteiger partial charge in [0.1, 0.15) is 5.82 Å². The molecule has 10 heteroatoms. The Balaban J connectivity index is 2.13. The number of hydrogen-bond acceptors (Lipinski definition) is 6. The summed E-state index contributed by atoms with van der Waals surface area (Å²) in [6, 6.07) is 8.75. The highest BCUT2D eigenvalue weighted by atomic mass is 79.9. The van der Waals surface area contributed by atoms with E-state index >= 15 is 0 Å². The Hall–Kier alpha value is -2.72. The molecule has 0 spiro atoms. The van der Waals surface area contributed by atoms with E-state index in [0.717, 1.165) is 4.47 Å². The molecule has 0 aliphatic rings. The van der Waals surface area contributed by atoms with Gasteiger partial charge in [0.25, 0.3) is 5.56 Å². The number of aliphatic carboxylic acids is 1. The number of hydrogen-bond donors (Lipinski definition) is 1. The Morgan fingerprint density at radius 2 is 1.97 bits per heavy atom. The number of rotatable bonds is 7. The first-order valence-corrected chi connectivity index (χ1v) is 12.1. The van der Waals surface area contributed by atoms with Crippen LogP contribution < -0.4 is 15.0 Å². The Morgan fingerprint density at radius 1 is 1.26 bits per heavy atom. The molecule has 1 aromatic heterocycles. The smallest absolute Gasteiger partial charge is 0.344 e.